The zero-order valence-electron chi connectivity index (χ0n) is 10.9. The fourth-order valence-corrected chi connectivity index (χ4v) is 2.82. The van der Waals surface area contributed by atoms with E-state index in [1.165, 1.54) is 0 Å². The highest BCUT2D eigenvalue weighted by Crippen LogP contribution is 2.53. The first-order chi connectivity index (χ1) is 10.0. The van der Waals surface area contributed by atoms with E-state index in [2.05, 4.69) is 0 Å². The molecule has 0 N–H and O–H groups in total. The third kappa shape index (κ3) is 3.44. The zero-order valence-corrected chi connectivity index (χ0v) is 12.5. The summed E-state index contributed by atoms with van der Waals surface area (Å²) in [6, 6.07) is 0.0874. The lowest BCUT2D eigenvalue weighted by atomic mass is 9.93. The summed E-state index contributed by atoms with van der Waals surface area (Å²) in [5, 5.41) is -1.44. The summed E-state index contributed by atoms with van der Waals surface area (Å²) in [6.45, 7) is 0. The van der Waals surface area contributed by atoms with Gasteiger partial charge in [0.05, 0.1) is 10.5 Å². The Labute approximate surface area is 130 Å². The van der Waals surface area contributed by atoms with Gasteiger partial charge in [-0.05, 0) is 23.7 Å². The molecule has 0 spiro atoms. The van der Waals surface area contributed by atoms with Crippen molar-refractivity contribution in [1.82, 2.24) is 0 Å². The number of benzene rings is 1. The van der Waals surface area contributed by atoms with Crippen molar-refractivity contribution in [2.24, 2.45) is 0 Å². The third-order valence-electron chi connectivity index (χ3n) is 2.77. The SMILES string of the molecule is CS(=O)(=O)c1cc(C(F)(C(F)(F)F)C(F)(F)F)ccc1C(=O)Cl. The van der Waals surface area contributed by atoms with Gasteiger partial charge in [0.1, 0.15) is 0 Å². The van der Waals surface area contributed by atoms with Crippen molar-refractivity contribution < 1.29 is 43.9 Å². The second-order valence-corrected chi connectivity index (χ2v) is 6.74. The molecule has 0 aliphatic rings. The molecule has 0 heterocycles. The molecule has 0 amide bonds. The van der Waals surface area contributed by atoms with Gasteiger partial charge in [0.25, 0.3) is 5.24 Å². The summed E-state index contributed by atoms with van der Waals surface area (Å²) in [5.41, 5.74) is -8.71. The van der Waals surface area contributed by atoms with Crippen LogP contribution in [0, 0.1) is 0 Å². The van der Waals surface area contributed by atoms with Gasteiger partial charge in [-0.1, -0.05) is 6.07 Å². The summed E-state index contributed by atoms with van der Waals surface area (Å²) in [5.74, 6) is 0. The second kappa shape index (κ2) is 5.62. The average Bonchev–Trinajstić information content (AvgIpc) is 2.33. The maximum atomic E-state index is 13.9. The van der Waals surface area contributed by atoms with Crippen LogP contribution >= 0.6 is 11.6 Å². The minimum atomic E-state index is -6.41. The molecule has 0 aliphatic carbocycles. The van der Waals surface area contributed by atoms with E-state index in [9.17, 15) is 43.9 Å². The van der Waals surface area contributed by atoms with Crippen molar-refractivity contribution in [3.05, 3.63) is 29.3 Å². The van der Waals surface area contributed by atoms with Crippen molar-refractivity contribution in [1.29, 1.82) is 0 Å². The van der Waals surface area contributed by atoms with Crippen LogP contribution in [0.2, 0.25) is 0 Å². The number of hydrogen-bond acceptors (Lipinski definition) is 3. The number of carbonyl (C=O) groups is 1. The number of carbonyl (C=O) groups excluding carboxylic acids is 1. The molecule has 1 aromatic carbocycles. The maximum absolute atomic E-state index is 13.9. The van der Waals surface area contributed by atoms with Gasteiger partial charge in [0.2, 0.25) is 0 Å². The van der Waals surface area contributed by atoms with Gasteiger partial charge < -0.3 is 0 Å². The minimum absolute atomic E-state index is 0.00523. The predicted molar refractivity (Wildman–Crippen MR) is 64.6 cm³/mol. The standard InChI is InChI=1S/C11H6ClF7O3S/c1-23(21,22)7-4-5(2-3-6(7)8(12)20)9(13,10(14,15)16)11(17,18)19/h2-4H,1H3. The number of alkyl halides is 7. The Balaban J connectivity index is 3.83. The van der Waals surface area contributed by atoms with Crippen LogP contribution in [-0.2, 0) is 15.5 Å². The Bertz CT molecular complexity index is 723. The molecule has 0 saturated carbocycles. The topological polar surface area (TPSA) is 51.2 Å². The van der Waals surface area contributed by atoms with Gasteiger partial charge in [-0.25, -0.2) is 12.8 Å². The van der Waals surface area contributed by atoms with Crippen LogP contribution in [-0.4, -0.2) is 32.3 Å². The van der Waals surface area contributed by atoms with Gasteiger partial charge in [0, 0.05) is 11.8 Å². The van der Waals surface area contributed by atoms with E-state index in [1.807, 2.05) is 0 Å². The molecule has 3 nitrogen and oxygen atoms in total. The molecule has 0 bridgehead atoms. The van der Waals surface area contributed by atoms with E-state index < -0.39 is 49.1 Å². The first-order valence-corrected chi connectivity index (χ1v) is 7.67. The van der Waals surface area contributed by atoms with Gasteiger partial charge in [-0.15, -0.1) is 0 Å². The van der Waals surface area contributed by atoms with Gasteiger partial charge in [-0.2, -0.15) is 26.3 Å². The molecule has 0 unspecified atom stereocenters. The number of rotatable bonds is 3. The van der Waals surface area contributed by atoms with Crippen LogP contribution in [0.1, 0.15) is 15.9 Å². The molecule has 0 saturated heterocycles. The summed E-state index contributed by atoms with van der Waals surface area (Å²) in [6.07, 6.45) is -12.4. The second-order valence-electron chi connectivity index (χ2n) is 4.41. The smallest absolute Gasteiger partial charge is 0.276 e. The fraction of sp³-hybridized carbons (Fsp3) is 0.364. The molecule has 0 fully saturated rings. The molecule has 0 aliphatic heterocycles. The Morgan fingerprint density at radius 3 is 1.74 bits per heavy atom. The predicted octanol–water partition coefficient (Wildman–Crippen LogP) is 3.76. The van der Waals surface area contributed by atoms with Crippen LogP contribution in [0.3, 0.4) is 0 Å². The van der Waals surface area contributed by atoms with Crippen molar-refractivity contribution in [2.75, 3.05) is 6.26 Å². The summed E-state index contributed by atoms with van der Waals surface area (Å²) >= 11 is 5.02. The molecule has 23 heavy (non-hydrogen) atoms. The van der Waals surface area contributed by atoms with Crippen LogP contribution in [0.25, 0.3) is 0 Å². The lowest BCUT2D eigenvalue weighted by Crippen LogP contribution is -2.50. The number of halogens is 8. The third-order valence-corrected chi connectivity index (χ3v) is 4.11. The summed E-state index contributed by atoms with van der Waals surface area (Å²) in [4.78, 5) is 9.79. The monoisotopic (exact) mass is 386 g/mol. The largest absolute Gasteiger partial charge is 0.435 e. The molecular formula is C11H6ClF7O3S. The van der Waals surface area contributed by atoms with Gasteiger partial charge in [0.15, 0.2) is 9.84 Å². The van der Waals surface area contributed by atoms with E-state index in [-0.39, 0.29) is 18.2 Å². The molecule has 1 aromatic rings. The number of sulfone groups is 1. The van der Waals surface area contributed by atoms with Crippen molar-refractivity contribution in [3.8, 4) is 0 Å². The maximum Gasteiger partial charge on any atom is 0.435 e. The van der Waals surface area contributed by atoms with Gasteiger partial charge in [-0.3, -0.25) is 4.79 Å². The fourth-order valence-electron chi connectivity index (χ4n) is 1.69. The first kappa shape index (κ1) is 19.7. The van der Waals surface area contributed by atoms with Crippen LogP contribution in [0.5, 0.6) is 0 Å². The minimum Gasteiger partial charge on any atom is -0.276 e. The van der Waals surface area contributed by atoms with Crippen LogP contribution < -0.4 is 0 Å². The van der Waals surface area contributed by atoms with E-state index in [0.29, 0.717) is 6.26 Å². The Morgan fingerprint density at radius 1 is 1.00 bits per heavy atom. The first-order valence-electron chi connectivity index (χ1n) is 5.40. The van der Waals surface area contributed by atoms with Crippen molar-refractivity contribution in [3.63, 3.8) is 0 Å². The van der Waals surface area contributed by atoms with Crippen molar-refractivity contribution >= 4 is 26.7 Å². The molecule has 0 radical (unpaired) electrons. The lowest BCUT2D eigenvalue weighted by molar-refractivity contribution is -0.348. The average molecular weight is 387 g/mol. The Morgan fingerprint density at radius 2 is 1.43 bits per heavy atom. The highest BCUT2D eigenvalue weighted by Gasteiger charge is 2.73. The van der Waals surface area contributed by atoms with Crippen LogP contribution in [0.15, 0.2) is 23.1 Å². The highest BCUT2D eigenvalue weighted by molar-refractivity contribution is 7.90. The molecular weight excluding hydrogens is 381 g/mol. The van der Waals surface area contributed by atoms with Gasteiger partial charge >= 0.3 is 18.0 Å². The van der Waals surface area contributed by atoms with Crippen molar-refractivity contribution in [2.45, 2.75) is 22.9 Å². The molecule has 0 atom stereocenters. The normalized spacial score (nSPS) is 14.0. The molecule has 0 aromatic heterocycles. The van der Waals surface area contributed by atoms with E-state index in [0.717, 1.165) is 0 Å². The molecule has 130 valence electrons. The van der Waals surface area contributed by atoms with E-state index in [1.54, 1.807) is 0 Å². The Hall–Kier alpha value is -1.36. The van der Waals surface area contributed by atoms with E-state index in [4.69, 9.17) is 11.6 Å². The van der Waals surface area contributed by atoms with Crippen LogP contribution in [0.4, 0.5) is 30.7 Å². The zero-order chi connectivity index (χ0) is 18.4. The summed E-state index contributed by atoms with van der Waals surface area (Å²) < 4.78 is 113. The molecule has 12 heteroatoms. The Kier molecular flexibility index (Phi) is 4.81. The quantitative estimate of drug-likeness (QED) is 0.587. The highest BCUT2D eigenvalue weighted by atomic mass is 35.5. The molecule has 1 rings (SSSR count). The van der Waals surface area contributed by atoms with E-state index >= 15 is 0 Å². The number of hydrogen-bond donors (Lipinski definition) is 0. The lowest BCUT2D eigenvalue weighted by Gasteiger charge is -2.30. The summed E-state index contributed by atoms with van der Waals surface area (Å²) in [7, 11) is -4.46.